The first-order valence-corrected chi connectivity index (χ1v) is 33.3. The molecule has 6 heteroatoms. The number of anilines is 3. The predicted molar refractivity (Wildman–Crippen MR) is 407 cm³/mol. The fraction of sp³-hybridized carbons (Fsp3) is 0. The standard InChI is InChI=1S/C92H55N3O3/c96-91-70-38-37-69(95-86-51-63(58-23-11-3-12-24-58)35-43-88(86)98-89-44-36-64(52-87(89)95)59-25-13-4-14-26-59)53-72(70)73-54-80-78(55-79(73)91)90-71(65-34-42-85-77(48-65)75-46-61(57-21-9-2-10-22-57)32-40-83(75)94(85)68-29-17-6-18-30-68)49-66(50-81(90)92(80)97)62-33-41-84-76(47-62)74-45-60(56-19-7-1-8-20-56)31-39-82(74)93(84)67-27-15-5-16-28-67/h1-55H. The molecule has 0 amide bonds. The number of hydrogen-bond acceptors (Lipinski definition) is 4. The SMILES string of the molecule is O=c1c2ccc(N3c4cc(-c5ccccc5)ccc4Oc4ccc(-c5ccccc5)cc43)cc2c2cc3c(=O)c4cc(-c5ccc6c(c5)c5cc(-c7ccccc7)ccc5n6-c5ccccc5)cc(-c5ccc6c(c5)c5cc(-c7ccccc7)ccc5n6-c5ccccc5)c4c3cc12. The number of rotatable bonds is 9. The number of nitrogens with zero attached hydrogens (tertiary/aromatic N) is 3. The molecule has 456 valence electrons. The van der Waals surface area contributed by atoms with Crippen LogP contribution in [0.3, 0.4) is 0 Å². The number of ether oxygens (including phenoxy) is 1. The third-order valence-electron chi connectivity index (χ3n) is 20.3. The smallest absolute Gasteiger partial charge is 0.194 e. The summed E-state index contributed by atoms with van der Waals surface area (Å²) in [6.07, 6.45) is 0. The van der Waals surface area contributed by atoms with Crippen molar-refractivity contribution in [3.05, 3.63) is 354 Å². The molecule has 98 heavy (non-hydrogen) atoms. The van der Waals surface area contributed by atoms with E-state index in [0.29, 0.717) is 33.0 Å². The summed E-state index contributed by atoms with van der Waals surface area (Å²) in [5, 5.41) is 9.82. The van der Waals surface area contributed by atoms with Crippen LogP contribution in [0.4, 0.5) is 17.1 Å². The Balaban J connectivity index is 0.825. The Morgan fingerprint density at radius 3 is 1.04 bits per heavy atom. The van der Waals surface area contributed by atoms with Gasteiger partial charge in [0.2, 0.25) is 0 Å². The summed E-state index contributed by atoms with van der Waals surface area (Å²) in [6.45, 7) is 0. The van der Waals surface area contributed by atoms with Crippen LogP contribution in [0.1, 0.15) is 0 Å². The van der Waals surface area contributed by atoms with Gasteiger partial charge in [0.05, 0.1) is 33.4 Å². The normalized spacial score (nSPS) is 12.2. The van der Waals surface area contributed by atoms with Crippen LogP contribution in [-0.2, 0) is 0 Å². The molecule has 0 fully saturated rings. The van der Waals surface area contributed by atoms with E-state index in [0.717, 1.165) is 160 Å². The molecule has 3 heterocycles. The van der Waals surface area contributed by atoms with E-state index in [2.05, 4.69) is 299 Å². The Hall–Kier alpha value is -13.2. The van der Waals surface area contributed by atoms with Gasteiger partial charge in [-0.3, -0.25) is 9.59 Å². The largest absolute Gasteiger partial charge is 0.453 e. The zero-order valence-electron chi connectivity index (χ0n) is 52.8. The molecular formula is C92H55N3O3. The number of fused-ring (bicyclic) bond motifs is 14. The van der Waals surface area contributed by atoms with E-state index in [9.17, 15) is 0 Å². The summed E-state index contributed by atoms with van der Waals surface area (Å²) < 4.78 is 11.5. The molecule has 0 aliphatic carbocycles. The Kier molecular flexibility index (Phi) is 12.2. The lowest BCUT2D eigenvalue weighted by Gasteiger charge is -2.33. The Morgan fingerprint density at radius 2 is 0.571 bits per heavy atom. The van der Waals surface area contributed by atoms with Crippen molar-refractivity contribution in [1.29, 1.82) is 0 Å². The minimum atomic E-state index is -0.0839. The van der Waals surface area contributed by atoms with Gasteiger partial charge in [-0.1, -0.05) is 194 Å². The highest BCUT2D eigenvalue weighted by Gasteiger charge is 2.30. The lowest BCUT2D eigenvalue weighted by atomic mass is 9.92. The summed E-state index contributed by atoms with van der Waals surface area (Å²) in [5.74, 6) is 1.43. The summed E-state index contributed by atoms with van der Waals surface area (Å²) in [4.78, 5) is 33.7. The molecule has 20 rings (SSSR count). The summed E-state index contributed by atoms with van der Waals surface area (Å²) >= 11 is 0. The fourth-order valence-electron chi connectivity index (χ4n) is 15.7. The Labute approximate surface area is 562 Å². The van der Waals surface area contributed by atoms with Gasteiger partial charge in [-0.2, -0.15) is 0 Å². The van der Waals surface area contributed by atoms with Gasteiger partial charge in [-0.25, -0.2) is 0 Å². The maximum atomic E-state index is 16.1. The van der Waals surface area contributed by atoms with E-state index >= 15 is 9.59 Å². The van der Waals surface area contributed by atoms with Crippen LogP contribution in [0.15, 0.2) is 343 Å². The van der Waals surface area contributed by atoms with Gasteiger partial charge in [-0.15, -0.1) is 0 Å². The van der Waals surface area contributed by atoms with Crippen LogP contribution >= 0.6 is 0 Å². The number of hydrogen-bond donors (Lipinski definition) is 0. The zero-order chi connectivity index (χ0) is 64.7. The van der Waals surface area contributed by atoms with Gasteiger partial charge in [-0.05, 0) is 222 Å². The third kappa shape index (κ3) is 8.61. The molecule has 19 aromatic rings. The van der Waals surface area contributed by atoms with Gasteiger partial charge < -0.3 is 18.8 Å². The Bertz CT molecular complexity index is 6500. The highest BCUT2D eigenvalue weighted by atomic mass is 16.5. The molecule has 0 atom stereocenters. The maximum Gasteiger partial charge on any atom is 0.194 e. The second-order valence-electron chi connectivity index (χ2n) is 25.8. The first kappa shape index (κ1) is 55.3. The summed E-state index contributed by atoms with van der Waals surface area (Å²) in [6, 6.07) is 117. The minimum absolute atomic E-state index is 0.0772. The van der Waals surface area contributed by atoms with E-state index in [1.165, 1.54) is 0 Å². The lowest BCUT2D eigenvalue weighted by molar-refractivity contribution is 0.477. The van der Waals surface area contributed by atoms with Gasteiger partial charge in [0.25, 0.3) is 0 Å². The minimum Gasteiger partial charge on any atom is -0.453 e. The molecule has 0 bridgehead atoms. The second kappa shape index (κ2) is 21.7. The molecule has 1 aliphatic heterocycles. The maximum absolute atomic E-state index is 16.1. The molecule has 1 aliphatic rings. The molecule has 0 N–H and O–H groups in total. The van der Waals surface area contributed by atoms with Crippen molar-refractivity contribution in [2.75, 3.05) is 4.90 Å². The van der Waals surface area contributed by atoms with Gasteiger partial charge in [0.15, 0.2) is 22.4 Å². The average molecular weight is 1250 g/mol. The highest BCUT2D eigenvalue weighted by molar-refractivity contribution is 6.26. The predicted octanol–water partition coefficient (Wildman–Crippen LogP) is 23.7. The van der Waals surface area contributed by atoms with E-state index in [-0.39, 0.29) is 10.9 Å². The van der Waals surface area contributed by atoms with Crippen LogP contribution in [0.5, 0.6) is 11.5 Å². The zero-order valence-corrected chi connectivity index (χ0v) is 52.8. The molecular weight excluding hydrogens is 1200 g/mol. The van der Waals surface area contributed by atoms with E-state index in [1.54, 1.807) is 0 Å². The quantitative estimate of drug-likeness (QED) is 0.145. The number of para-hydroxylation sites is 2. The topological polar surface area (TPSA) is 56.5 Å². The first-order chi connectivity index (χ1) is 48.4. The van der Waals surface area contributed by atoms with E-state index in [4.69, 9.17) is 4.74 Å². The molecule has 0 unspecified atom stereocenters. The van der Waals surface area contributed by atoms with Crippen LogP contribution in [0, 0.1) is 0 Å². The molecule has 0 saturated heterocycles. The molecule has 6 nitrogen and oxygen atoms in total. The van der Waals surface area contributed by atoms with E-state index in [1.807, 2.05) is 48.5 Å². The van der Waals surface area contributed by atoms with Crippen LogP contribution in [0.2, 0.25) is 0 Å². The second-order valence-corrected chi connectivity index (χ2v) is 25.8. The monoisotopic (exact) mass is 1250 g/mol. The molecule has 0 radical (unpaired) electrons. The lowest BCUT2D eigenvalue weighted by Crippen LogP contribution is -2.16. The van der Waals surface area contributed by atoms with Crippen molar-refractivity contribution >= 4 is 104 Å². The molecule has 0 spiro atoms. The van der Waals surface area contributed by atoms with Gasteiger partial charge in [0.1, 0.15) is 0 Å². The number of aromatic nitrogens is 2. The van der Waals surface area contributed by atoms with Gasteiger partial charge in [0, 0.05) is 65.5 Å². The van der Waals surface area contributed by atoms with E-state index < -0.39 is 0 Å². The van der Waals surface area contributed by atoms with Crippen molar-refractivity contribution in [3.63, 3.8) is 0 Å². The van der Waals surface area contributed by atoms with Crippen LogP contribution in [0.25, 0.3) is 165 Å². The van der Waals surface area contributed by atoms with Crippen LogP contribution in [-0.4, -0.2) is 9.13 Å². The van der Waals surface area contributed by atoms with Crippen molar-refractivity contribution < 1.29 is 4.74 Å². The van der Waals surface area contributed by atoms with Crippen LogP contribution < -0.4 is 20.5 Å². The molecule has 0 saturated carbocycles. The third-order valence-corrected chi connectivity index (χ3v) is 20.3. The first-order valence-electron chi connectivity index (χ1n) is 33.3. The van der Waals surface area contributed by atoms with Crippen molar-refractivity contribution in [2.45, 2.75) is 0 Å². The number of benzene rings is 15. The molecule has 2 aromatic heterocycles. The highest BCUT2D eigenvalue weighted by Crippen LogP contribution is 2.54. The van der Waals surface area contributed by atoms with Crippen molar-refractivity contribution in [3.8, 4) is 89.6 Å². The van der Waals surface area contributed by atoms with Crippen molar-refractivity contribution in [1.82, 2.24) is 9.13 Å². The Morgan fingerprint density at radius 1 is 0.214 bits per heavy atom. The summed E-state index contributed by atoms with van der Waals surface area (Å²) in [7, 11) is 0. The van der Waals surface area contributed by atoms with Gasteiger partial charge >= 0.3 is 0 Å². The fourth-order valence-corrected chi connectivity index (χ4v) is 15.7. The summed E-state index contributed by atoms with van der Waals surface area (Å²) in [5.41, 5.74) is 21.5. The molecule has 17 aromatic carbocycles. The van der Waals surface area contributed by atoms with Crippen molar-refractivity contribution in [2.24, 2.45) is 0 Å². The average Bonchev–Trinajstić information content (AvgIpc) is 1.49.